The zero-order valence-corrected chi connectivity index (χ0v) is 11.4. The van der Waals surface area contributed by atoms with Crippen LogP contribution in [-0.4, -0.2) is 25.4 Å². The molecule has 0 atom stereocenters. The molecule has 6 heteroatoms. The quantitative estimate of drug-likeness (QED) is 0.582. The summed E-state index contributed by atoms with van der Waals surface area (Å²) in [6.07, 6.45) is 0. The highest BCUT2D eigenvalue weighted by Crippen LogP contribution is 2.20. The maximum Gasteiger partial charge on any atom is 0.250 e. The van der Waals surface area contributed by atoms with E-state index in [1.807, 2.05) is 13.8 Å². The lowest BCUT2D eigenvalue weighted by atomic mass is 9.92. The molecular weight excluding hydrogens is 244 g/mol. The van der Waals surface area contributed by atoms with Crippen LogP contribution in [0.15, 0.2) is 18.2 Å². The molecule has 0 spiro atoms. The van der Waals surface area contributed by atoms with E-state index < -0.39 is 11.3 Å². The van der Waals surface area contributed by atoms with Crippen molar-refractivity contribution in [3.63, 3.8) is 0 Å². The van der Waals surface area contributed by atoms with Crippen molar-refractivity contribution in [3.8, 4) is 0 Å². The van der Waals surface area contributed by atoms with Crippen molar-refractivity contribution in [1.29, 1.82) is 0 Å². The van der Waals surface area contributed by atoms with E-state index in [1.54, 1.807) is 25.2 Å². The molecule has 0 heterocycles. The Kier molecular flexibility index (Phi) is 4.37. The molecule has 0 unspecified atom stereocenters. The molecule has 0 saturated heterocycles. The number of rotatable bonds is 5. The minimum absolute atomic E-state index is 0.0643. The number of nitrogens with one attached hydrogen (secondary N) is 2. The molecule has 0 aliphatic carbocycles. The van der Waals surface area contributed by atoms with E-state index in [9.17, 15) is 9.59 Å². The number of carbonyl (C=O) groups is 2. The Morgan fingerprint density at radius 3 is 2.47 bits per heavy atom. The molecule has 0 aliphatic rings. The summed E-state index contributed by atoms with van der Waals surface area (Å²) in [5, 5.41) is 5.71. The molecule has 0 aliphatic heterocycles. The van der Waals surface area contributed by atoms with Crippen molar-refractivity contribution in [3.05, 3.63) is 23.8 Å². The molecule has 0 aromatic heterocycles. The van der Waals surface area contributed by atoms with Crippen LogP contribution in [0.4, 0.5) is 11.4 Å². The van der Waals surface area contributed by atoms with Crippen LogP contribution in [0.5, 0.6) is 0 Å². The van der Waals surface area contributed by atoms with Crippen LogP contribution in [0.2, 0.25) is 0 Å². The Hall–Kier alpha value is -2.24. The van der Waals surface area contributed by atoms with E-state index in [1.165, 1.54) is 0 Å². The van der Waals surface area contributed by atoms with Crippen LogP contribution in [0, 0.1) is 5.41 Å². The predicted octanol–water partition coefficient (Wildman–Crippen LogP) is 0.552. The van der Waals surface area contributed by atoms with Crippen LogP contribution < -0.4 is 22.1 Å². The number of amides is 2. The van der Waals surface area contributed by atoms with Crippen molar-refractivity contribution in [1.82, 2.24) is 5.32 Å². The Labute approximate surface area is 112 Å². The van der Waals surface area contributed by atoms with Gasteiger partial charge in [-0.3, -0.25) is 9.59 Å². The van der Waals surface area contributed by atoms with Crippen molar-refractivity contribution in [2.45, 2.75) is 13.8 Å². The highest BCUT2D eigenvalue weighted by Gasteiger charge is 2.26. The summed E-state index contributed by atoms with van der Waals surface area (Å²) in [5.74, 6) is -0.641. The zero-order chi connectivity index (χ0) is 14.6. The minimum Gasteiger partial charge on any atom is -0.398 e. The highest BCUT2D eigenvalue weighted by molar-refractivity contribution is 5.99. The molecule has 1 aromatic carbocycles. The Balaban J connectivity index is 2.82. The number of nitrogen functional groups attached to an aromatic ring is 1. The molecule has 0 fully saturated rings. The smallest absolute Gasteiger partial charge is 0.250 e. The van der Waals surface area contributed by atoms with Crippen LogP contribution >= 0.6 is 0 Å². The summed E-state index contributed by atoms with van der Waals surface area (Å²) in [6, 6.07) is 4.93. The number of anilines is 2. The number of hydrogen-bond acceptors (Lipinski definition) is 4. The predicted molar refractivity (Wildman–Crippen MR) is 75.7 cm³/mol. The molecule has 6 nitrogen and oxygen atoms in total. The number of carbonyl (C=O) groups excluding carboxylic acids is 2. The molecule has 104 valence electrons. The van der Waals surface area contributed by atoms with Crippen molar-refractivity contribution >= 4 is 23.2 Å². The van der Waals surface area contributed by atoms with Crippen LogP contribution in [-0.2, 0) is 4.79 Å². The lowest BCUT2D eigenvalue weighted by Gasteiger charge is -2.23. The SMILES string of the molecule is CNC(=O)C(C)(C)CNc1ccc(N)c(C(N)=O)c1. The van der Waals surface area contributed by atoms with E-state index in [0.29, 0.717) is 17.9 Å². The first kappa shape index (κ1) is 14.8. The Morgan fingerprint density at radius 2 is 1.95 bits per heavy atom. The molecule has 6 N–H and O–H groups in total. The number of hydrogen-bond donors (Lipinski definition) is 4. The van der Waals surface area contributed by atoms with Gasteiger partial charge >= 0.3 is 0 Å². The van der Waals surface area contributed by atoms with Gasteiger partial charge in [0.25, 0.3) is 5.91 Å². The number of primary amides is 1. The fraction of sp³-hybridized carbons (Fsp3) is 0.385. The van der Waals surface area contributed by atoms with E-state index in [2.05, 4.69) is 10.6 Å². The third-order valence-electron chi connectivity index (χ3n) is 2.89. The number of nitrogens with two attached hydrogens (primary N) is 2. The first-order chi connectivity index (χ1) is 8.77. The summed E-state index contributed by atoms with van der Waals surface area (Å²) in [5.41, 5.74) is 11.6. The van der Waals surface area contributed by atoms with Gasteiger partial charge in [-0.05, 0) is 32.0 Å². The maximum atomic E-state index is 11.6. The van der Waals surface area contributed by atoms with Gasteiger partial charge in [-0.1, -0.05) is 0 Å². The van der Waals surface area contributed by atoms with Crippen LogP contribution in [0.3, 0.4) is 0 Å². The van der Waals surface area contributed by atoms with Gasteiger partial charge in [-0.2, -0.15) is 0 Å². The largest absolute Gasteiger partial charge is 0.398 e. The Morgan fingerprint density at radius 1 is 1.32 bits per heavy atom. The fourth-order valence-corrected chi connectivity index (χ4v) is 1.62. The lowest BCUT2D eigenvalue weighted by molar-refractivity contribution is -0.128. The highest BCUT2D eigenvalue weighted by atomic mass is 16.2. The van der Waals surface area contributed by atoms with Gasteiger partial charge in [-0.15, -0.1) is 0 Å². The minimum atomic E-state index is -0.577. The van der Waals surface area contributed by atoms with E-state index >= 15 is 0 Å². The molecule has 2 amide bonds. The molecule has 0 saturated carbocycles. The van der Waals surface area contributed by atoms with Gasteiger partial charge in [0.15, 0.2) is 0 Å². The lowest BCUT2D eigenvalue weighted by Crippen LogP contribution is -2.39. The third-order valence-corrected chi connectivity index (χ3v) is 2.89. The summed E-state index contributed by atoms with van der Waals surface area (Å²) >= 11 is 0. The average Bonchev–Trinajstić information content (AvgIpc) is 2.36. The second-order valence-corrected chi connectivity index (χ2v) is 4.98. The molecule has 19 heavy (non-hydrogen) atoms. The normalized spacial score (nSPS) is 10.9. The monoisotopic (exact) mass is 264 g/mol. The summed E-state index contributed by atoms with van der Waals surface area (Å²) < 4.78 is 0. The van der Waals surface area contributed by atoms with Crippen LogP contribution in [0.25, 0.3) is 0 Å². The van der Waals surface area contributed by atoms with E-state index in [4.69, 9.17) is 11.5 Å². The zero-order valence-electron chi connectivity index (χ0n) is 11.4. The topological polar surface area (TPSA) is 110 Å². The van der Waals surface area contributed by atoms with Gasteiger partial charge in [0.2, 0.25) is 5.91 Å². The molecule has 1 rings (SSSR count). The summed E-state index contributed by atoms with van der Waals surface area (Å²) in [6.45, 7) is 4.07. The van der Waals surface area contributed by atoms with E-state index in [0.717, 1.165) is 0 Å². The first-order valence-electron chi connectivity index (χ1n) is 5.93. The number of benzene rings is 1. The van der Waals surface area contributed by atoms with Crippen molar-refractivity contribution in [2.24, 2.45) is 11.1 Å². The van der Waals surface area contributed by atoms with E-state index in [-0.39, 0.29) is 11.5 Å². The van der Waals surface area contributed by atoms with Crippen LogP contribution in [0.1, 0.15) is 24.2 Å². The van der Waals surface area contributed by atoms with Gasteiger partial charge in [0.1, 0.15) is 0 Å². The van der Waals surface area contributed by atoms with Gasteiger partial charge < -0.3 is 22.1 Å². The second kappa shape index (κ2) is 5.60. The van der Waals surface area contributed by atoms with Gasteiger partial charge in [-0.25, -0.2) is 0 Å². The van der Waals surface area contributed by atoms with Crippen molar-refractivity contribution in [2.75, 3.05) is 24.6 Å². The first-order valence-corrected chi connectivity index (χ1v) is 5.93. The van der Waals surface area contributed by atoms with Gasteiger partial charge in [0.05, 0.1) is 11.0 Å². The second-order valence-electron chi connectivity index (χ2n) is 4.98. The molecule has 1 aromatic rings. The molecule has 0 bridgehead atoms. The summed E-state index contributed by atoms with van der Waals surface area (Å²) in [7, 11) is 1.60. The standard InChI is InChI=1S/C13H20N4O2/c1-13(2,12(19)16-3)7-17-8-4-5-10(14)9(6-8)11(15)18/h4-6,17H,7,14H2,1-3H3,(H2,15,18)(H,16,19). The average molecular weight is 264 g/mol. The molecular formula is C13H20N4O2. The summed E-state index contributed by atoms with van der Waals surface area (Å²) in [4.78, 5) is 22.8. The van der Waals surface area contributed by atoms with Crippen molar-refractivity contribution < 1.29 is 9.59 Å². The Bertz CT molecular complexity index is 497. The third kappa shape index (κ3) is 3.61. The maximum absolute atomic E-state index is 11.6. The van der Waals surface area contributed by atoms with Gasteiger partial charge in [0, 0.05) is 25.0 Å². The fourth-order valence-electron chi connectivity index (χ4n) is 1.62. The molecule has 0 radical (unpaired) electrons.